The predicted molar refractivity (Wildman–Crippen MR) is 61.9 cm³/mol. The fraction of sp³-hybridized carbons (Fsp3) is 0.182. The van der Waals surface area contributed by atoms with E-state index in [0.717, 1.165) is 0 Å². The van der Waals surface area contributed by atoms with E-state index in [2.05, 4.69) is 21.0 Å². The van der Waals surface area contributed by atoms with Crippen molar-refractivity contribution in [2.45, 2.75) is 13.0 Å². The SMILES string of the molecule is CC(O)c1cc(Br)c(F)cc1-n1cccn1. The van der Waals surface area contributed by atoms with E-state index in [4.69, 9.17) is 0 Å². The third-order valence-corrected chi connectivity index (χ3v) is 2.88. The molecule has 0 fully saturated rings. The van der Waals surface area contributed by atoms with Gasteiger partial charge < -0.3 is 5.11 Å². The number of hydrogen-bond acceptors (Lipinski definition) is 2. The third kappa shape index (κ3) is 2.01. The number of nitrogens with zero attached hydrogens (tertiary/aromatic N) is 2. The molecular formula is C11H10BrFN2O. The molecule has 1 unspecified atom stereocenters. The third-order valence-electron chi connectivity index (χ3n) is 2.27. The van der Waals surface area contributed by atoms with Gasteiger partial charge in [-0.15, -0.1) is 0 Å². The van der Waals surface area contributed by atoms with E-state index in [-0.39, 0.29) is 5.82 Å². The Balaban J connectivity index is 2.63. The Morgan fingerprint density at radius 1 is 1.50 bits per heavy atom. The fourth-order valence-electron chi connectivity index (χ4n) is 1.50. The van der Waals surface area contributed by atoms with Gasteiger partial charge in [0.1, 0.15) is 5.82 Å². The van der Waals surface area contributed by atoms with Crippen LogP contribution in [0.2, 0.25) is 0 Å². The van der Waals surface area contributed by atoms with Gasteiger partial charge in [0.25, 0.3) is 0 Å². The van der Waals surface area contributed by atoms with E-state index in [0.29, 0.717) is 15.7 Å². The highest BCUT2D eigenvalue weighted by Gasteiger charge is 2.13. The molecule has 1 heterocycles. The van der Waals surface area contributed by atoms with Crippen LogP contribution >= 0.6 is 15.9 Å². The molecule has 0 aliphatic heterocycles. The molecule has 3 nitrogen and oxygen atoms in total. The van der Waals surface area contributed by atoms with Gasteiger partial charge in [0.05, 0.1) is 16.3 Å². The second kappa shape index (κ2) is 4.35. The zero-order valence-corrected chi connectivity index (χ0v) is 10.1. The number of aliphatic hydroxyl groups is 1. The van der Waals surface area contributed by atoms with Crippen molar-refractivity contribution in [1.82, 2.24) is 9.78 Å². The van der Waals surface area contributed by atoms with E-state index < -0.39 is 6.10 Å². The average molecular weight is 285 g/mol. The Morgan fingerprint density at radius 2 is 2.25 bits per heavy atom. The van der Waals surface area contributed by atoms with Crippen LogP contribution in [0.25, 0.3) is 5.69 Å². The van der Waals surface area contributed by atoms with Crippen LogP contribution in [0.5, 0.6) is 0 Å². The topological polar surface area (TPSA) is 38.0 Å². The summed E-state index contributed by atoms with van der Waals surface area (Å²) >= 11 is 3.10. The first-order valence-corrected chi connectivity index (χ1v) is 5.56. The van der Waals surface area contributed by atoms with Crippen LogP contribution in [-0.2, 0) is 0 Å². The summed E-state index contributed by atoms with van der Waals surface area (Å²) in [6.45, 7) is 1.63. The fourth-order valence-corrected chi connectivity index (χ4v) is 1.86. The molecule has 2 rings (SSSR count). The molecule has 1 atom stereocenters. The van der Waals surface area contributed by atoms with E-state index in [1.807, 2.05) is 0 Å². The van der Waals surface area contributed by atoms with Gasteiger partial charge in [-0.3, -0.25) is 0 Å². The minimum Gasteiger partial charge on any atom is -0.389 e. The second-order valence-electron chi connectivity index (χ2n) is 3.45. The number of halogens is 2. The van der Waals surface area contributed by atoms with Crippen LogP contribution in [0.15, 0.2) is 35.1 Å². The normalized spacial score (nSPS) is 12.8. The van der Waals surface area contributed by atoms with Crippen LogP contribution in [0.1, 0.15) is 18.6 Å². The van der Waals surface area contributed by atoms with Gasteiger partial charge in [-0.1, -0.05) is 0 Å². The molecule has 0 saturated carbocycles. The minimum atomic E-state index is -0.684. The molecule has 1 aromatic heterocycles. The van der Waals surface area contributed by atoms with E-state index in [9.17, 15) is 9.50 Å². The van der Waals surface area contributed by atoms with Crippen LogP contribution in [-0.4, -0.2) is 14.9 Å². The zero-order valence-electron chi connectivity index (χ0n) is 8.56. The van der Waals surface area contributed by atoms with Gasteiger partial charge >= 0.3 is 0 Å². The van der Waals surface area contributed by atoms with Crippen molar-refractivity contribution in [1.29, 1.82) is 0 Å². The van der Waals surface area contributed by atoms with E-state index in [1.54, 1.807) is 31.5 Å². The van der Waals surface area contributed by atoms with Crippen molar-refractivity contribution in [3.8, 4) is 5.69 Å². The first-order valence-electron chi connectivity index (χ1n) is 4.76. The lowest BCUT2D eigenvalue weighted by Gasteiger charge is -2.13. The summed E-state index contributed by atoms with van der Waals surface area (Å²) in [5.74, 6) is -0.380. The molecule has 16 heavy (non-hydrogen) atoms. The van der Waals surface area contributed by atoms with Crippen molar-refractivity contribution >= 4 is 15.9 Å². The molecule has 0 aliphatic carbocycles. The van der Waals surface area contributed by atoms with E-state index >= 15 is 0 Å². The summed E-state index contributed by atoms with van der Waals surface area (Å²) in [7, 11) is 0. The Bertz CT molecular complexity index is 497. The maximum Gasteiger partial charge on any atom is 0.139 e. The highest BCUT2D eigenvalue weighted by atomic mass is 79.9. The number of benzene rings is 1. The lowest BCUT2D eigenvalue weighted by Crippen LogP contribution is -2.04. The quantitative estimate of drug-likeness (QED) is 0.921. The second-order valence-corrected chi connectivity index (χ2v) is 4.31. The molecule has 0 spiro atoms. The number of aromatic nitrogens is 2. The monoisotopic (exact) mass is 284 g/mol. The van der Waals surface area contributed by atoms with Crippen LogP contribution in [0.3, 0.4) is 0 Å². The molecule has 1 N–H and O–H groups in total. The first-order chi connectivity index (χ1) is 7.59. The molecule has 1 aromatic carbocycles. The van der Waals surface area contributed by atoms with Gasteiger partial charge in [0.2, 0.25) is 0 Å². The molecule has 0 saturated heterocycles. The average Bonchev–Trinajstić information content (AvgIpc) is 2.74. The summed E-state index contributed by atoms with van der Waals surface area (Å²) in [4.78, 5) is 0. The highest BCUT2D eigenvalue weighted by molar-refractivity contribution is 9.10. The molecule has 5 heteroatoms. The van der Waals surface area contributed by atoms with Crippen molar-refractivity contribution in [3.63, 3.8) is 0 Å². The Kier molecular flexibility index (Phi) is 3.07. The summed E-state index contributed by atoms with van der Waals surface area (Å²) in [6, 6.07) is 4.65. The number of rotatable bonds is 2. The van der Waals surface area contributed by atoms with Crippen LogP contribution in [0.4, 0.5) is 4.39 Å². The van der Waals surface area contributed by atoms with Crippen molar-refractivity contribution in [2.75, 3.05) is 0 Å². The first kappa shape index (κ1) is 11.3. The maximum atomic E-state index is 13.4. The lowest BCUT2D eigenvalue weighted by molar-refractivity contribution is 0.198. The highest BCUT2D eigenvalue weighted by Crippen LogP contribution is 2.27. The predicted octanol–water partition coefficient (Wildman–Crippen LogP) is 2.83. The smallest absolute Gasteiger partial charge is 0.139 e. The largest absolute Gasteiger partial charge is 0.389 e. The lowest BCUT2D eigenvalue weighted by atomic mass is 10.1. The Hall–Kier alpha value is -1.20. The van der Waals surface area contributed by atoms with E-state index in [1.165, 1.54) is 10.7 Å². The summed E-state index contributed by atoms with van der Waals surface area (Å²) in [6.07, 6.45) is 2.62. The summed E-state index contributed by atoms with van der Waals surface area (Å²) in [5.41, 5.74) is 1.16. The van der Waals surface area contributed by atoms with Crippen LogP contribution < -0.4 is 0 Å². The molecule has 2 aromatic rings. The summed E-state index contributed by atoms with van der Waals surface area (Å²) < 4.78 is 15.3. The molecule has 0 aliphatic rings. The van der Waals surface area contributed by atoms with Crippen molar-refractivity contribution < 1.29 is 9.50 Å². The Morgan fingerprint density at radius 3 is 2.81 bits per heavy atom. The Labute approximate surface area is 101 Å². The number of hydrogen-bond donors (Lipinski definition) is 1. The maximum absolute atomic E-state index is 13.4. The minimum absolute atomic E-state index is 0.333. The standard InChI is InChI=1S/C11H10BrFN2O/c1-7(16)8-5-9(12)10(13)6-11(8)15-4-2-3-14-15/h2-7,16H,1H3. The molecule has 0 bridgehead atoms. The van der Waals surface area contributed by atoms with Gasteiger partial charge in [0, 0.05) is 24.0 Å². The van der Waals surface area contributed by atoms with Gasteiger partial charge in [0.15, 0.2) is 0 Å². The van der Waals surface area contributed by atoms with Crippen LogP contribution in [0, 0.1) is 5.82 Å². The van der Waals surface area contributed by atoms with Crippen molar-refractivity contribution in [3.05, 3.63) is 46.4 Å². The zero-order chi connectivity index (χ0) is 11.7. The van der Waals surface area contributed by atoms with Gasteiger partial charge in [-0.05, 0) is 35.0 Å². The van der Waals surface area contributed by atoms with Gasteiger partial charge in [-0.2, -0.15) is 5.10 Å². The number of aliphatic hydroxyl groups excluding tert-OH is 1. The summed E-state index contributed by atoms with van der Waals surface area (Å²) in [5, 5.41) is 13.7. The molecule has 84 valence electrons. The molecule has 0 amide bonds. The molecular weight excluding hydrogens is 275 g/mol. The van der Waals surface area contributed by atoms with Crippen molar-refractivity contribution in [2.24, 2.45) is 0 Å². The van der Waals surface area contributed by atoms with Gasteiger partial charge in [-0.25, -0.2) is 9.07 Å². The molecule has 0 radical (unpaired) electrons.